The Labute approximate surface area is 77.5 Å². The second-order valence-corrected chi connectivity index (χ2v) is 2.73. The fraction of sp³-hybridized carbons (Fsp3) is 0.500. The van der Waals surface area contributed by atoms with Gasteiger partial charge in [0.05, 0.1) is 24.7 Å². The van der Waals surface area contributed by atoms with Crippen molar-refractivity contribution >= 4 is 11.6 Å². The zero-order valence-corrected chi connectivity index (χ0v) is 7.90. The lowest BCUT2D eigenvalue weighted by Gasteiger charge is -2.15. The molecule has 0 saturated heterocycles. The van der Waals surface area contributed by atoms with Gasteiger partial charge in [-0.1, -0.05) is 0 Å². The average Bonchev–Trinajstić information content (AvgIpc) is 2.15. The van der Waals surface area contributed by atoms with Crippen molar-refractivity contribution in [2.24, 2.45) is 0 Å². The molecule has 72 valence electrons. The van der Waals surface area contributed by atoms with Gasteiger partial charge in [0.25, 0.3) is 0 Å². The van der Waals surface area contributed by atoms with Crippen LogP contribution in [0, 0.1) is 0 Å². The summed E-state index contributed by atoms with van der Waals surface area (Å²) < 4.78 is 4.94. The minimum absolute atomic E-state index is 0.573. The molecule has 5 heteroatoms. The van der Waals surface area contributed by atoms with Gasteiger partial charge in [-0.3, -0.25) is 0 Å². The van der Waals surface area contributed by atoms with Gasteiger partial charge in [0.1, 0.15) is 0 Å². The van der Waals surface area contributed by atoms with Crippen LogP contribution in [0.3, 0.4) is 0 Å². The van der Waals surface area contributed by atoms with E-state index in [-0.39, 0.29) is 0 Å². The van der Waals surface area contributed by atoms with Crippen LogP contribution in [0.1, 0.15) is 0 Å². The highest BCUT2D eigenvalue weighted by Crippen LogP contribution is 2.04. The molecular weight excluding hydrogens is 168 g/mol. The van der Waals surface area contributed by atoms with Gasteiger partial charge < -0.3 is 15.4 Å². The monoisotopic (exact) mass is 182 g/mol. The minimum atomic E-state index is 0.573. The molecule has 0 aliphatic heterocycles. The van der Waals surface area contributed by atoms with Crippen LogP contribution in [-0.4, -0.2) is 37.3 Å². The van der Waals surface area contributed by atoms with Gasteiger partial charge in [0.2, 0.25) is 5.95 Å². The SMILES string of the molecule is COCCN(C)c1ncc(N)cn1. The fourth-order valence-electron chi connectivity index (χ4n) is 0.857. The molecule has 5 nitrogen and oxygen atoms in total. The number of nitrogens with two attached hydrogens (primary N) is 1. The number of hydrogen-bond acceptors (Lipinski definition) is 5. The van der Waals surface area contributed by atoms with E-state index in [9.17, 15) is 0 Å². The molecule has 1 heterocycles. The third-order valence-electron chi connectivity index (χ3n) is 1.63. The van der Waals surface area contributed by atoms with Crippen molar-refractivity contribution in [2.45, 2.75) is 0 Å². The quantitative estimate of drug-likeness (QED) is 0.717. The third-order valence-corrected chi connectivity index (χ3v) is 1.63. The van der Waals surface area contributed by atoms with Gasteiger partial charge in [-0.05, 0) is 0 Å². The van der Waals surface area contributed by atoms with Crippen molar-refractivity contribution in [1.29, 1.82) is 0 Å². The van der Waals surface area contributed by atoms with E-state index in [2.05, 4.69) is 9.97 Å². The molecule has 0 aromatic carbocycles. The molecule has 0 bridgehead atoms. The standard InChI is InChI=1S/C8H14N4O/c1-12(3-4-13-2)8-10-5-7(9)6-11-8/h5-6H,3-4,9H2,1-2H3. The molecule has 2 N–H and O–H groups in total. The lowest BCUT2D eigenvalue weighted by molar-refractivity contribution is 0.206. The van der Waals surface area contributed by atoms with E-state index in [1.54, 1.807) is 19.5 Å². The largest absolute Gasteiger partial charge is 0.396 e. The fourth-order valence-corrected chi connectivity index (χ4v) is 0.857. The summed E-state index contributed by atoms with van der Waals surface area (Å²) in [6.45, 7) is 1.42. The zero-order chi connectivity index (χ0) is 9.68. The lowest BCUT2D eigenvalue weighted by atomic mass is 10.5. The topological polar surface area (TPSA) is 64.3 Å². The number of hydrogen-bond donors (Lipinski definition) is 1. The van der Waals surface area contributed by atoms with Crippen LogP contribution in [0.5, 0.6) is 0 Å². The van der Waals surface area contributed by atoms with Gasteiger partial charge in [-0.2, -0.15) is 0 Å². The maximum atomic E-state index is 5.46. The third kappa shape index (κ3) is 2.87. The van der Waals surface area contributed by atoms with Gasteiger partial charge >= 0.3 is 0 Å². The van der Waals surface area contributed by atoms with Crippen molar-refractivity contribution in [3.8, 4) is 0 Å². The summed E-state index contributed by atoms with van der Waals surface area (Å²) in [5.74, 6) is 0.659. The van der Waals surface area contributed by atoms with Crippen LogP contribution in [0.15, 0.2) is 12.4 Å². The zero-order valence-electron chi connectivity index (χ0n) is 7.90. The number of aromatic nitrogens is 2. The highest BCUT2D eigenvalue weighted by atomic mass is 16.5. The second kappa shape index (κ2) is 4.61. The maximum Gasteiger partial charge on any atom is 0.225 e. The summed E-state index contributed by atoms with van der Waals surface area (Å²) in [5, 5.41) is 0. The molecule has 0 fully saturated rings. The molecular formula is C8H14N4O. The molecule has 13 heavy (non-hydrogen) atoms. The first-order chi connectivity index (χ1) is 6.24. The minimum Gasteiger partial charge on any atom is -0.396 e. The maximum absolute atomic E-state index is 5.46. The molecule has 0 atom stereocenters. The van der Waals surface area contributed by atoms with Crippen molar-refractivity contribution in [1.82, 2.24) is 9.97 Å². The molecule has 1 aromatic heterocycles. The van der Waals surface area contributed by atoms with Gasteiger partial charge in [0.15, 0.2) is 0 Å². The summed E-state index contributed by atoms with van der Waals surface area (Å²) in [6.07, 6.45) is 3.18. The Hall–Kier alpha value is -1.36. The van der Waals surface area contributed by atoms with E-state index in [0.717, 1.165) is 6.54 Å². The molecule has 0 aliphatic carbocycles. The van der Waals surface area contributed by atoms with E-state index in [1.165, 1.54) is 0 Å². The molecule has 1 aromatic rings. The van der Waals surface area contributed by atoms with Crippen LogP contribution in [0.25, 0.3) is 0 Å². The molecule has 0 aliphatic rings. The highest BCUT2D eigenvalue weighted by Gasteiger charge is 2.01. The van der Waals surface area contributed by atoms with Crippen LogP contribution < -0.4 is 10.6 Å². The Morgan fingerprint density at radius 2 is 2.08 bits per heavy atom. The molecule has 0 spiro atoms. The number of nitrogen functional groups attached to an aromatic ring is 1. The summed E-state index contributed by atoms with van der Waals surface area (Å²) in [7, 11) is 3.57. The van der Waals surface area contributed by atoms with Crippen LogP contribution in [0.2, 0.25) is 0 Å². The molecule has 0 saturated carbocycles. The van der Waals surface area contributed by atoms with Crippen LogP contribution in [0.4, 0.5) is 11.6 Å². The predicted octanol–water partition coefficient (Wildman–Crippen LogP) is 0.141. The van der Waals surface area contributed by atoms with Gasteiger partial charge in [-0.15, -0.1) is 0 Å². The Morgan fingerprint density at radius 3 is 2.62 bits per heavy atom. The number of likely N-dealkylation sites (N-methyl/N-ethyl adjacent to an activating group) is 1. The van der Waals surface area contributed by atoms with Crippen molar-refractivity contribution in [2.75, 3.05) is 37.9 Å². The molecule has 0 unspecified atom stereocenters. The number of rotatable bonds is 4. The van der Waals surface area contributed by atoms with E-state index in [0.29, 0.717) is 18.2 Å². The van der Waals surface area contributed by atoms with Crippen molar-refractivity contribution in [3.05, 3.63) is 12.4 Å². The average molecular weight is 182 g/mol. The number of nitrogens with zero attached hydrogens (tertiary/aromatic N) is 3. The first kappa shape index (κ1) is 9.73. The summed E-state index contributed by atoms with van der Waals surface area (Å²) in [6, 6.07) is 0. The van der Waals surface area contributed by atoms with E-state index in [4.69, 9.17) is 10.5 Å². The number of anilines is 2. The number of methoxy groups -OCH3 is 1. The summed E-state index contributed by atoms with van der Waals surface area (Å²) in [4.78, 5) is 10.0. The van der Waals surface area contributed by atoms with E-state index < -0.39 is 0 Å². The highest BCUT2D eigenvalue weighted by molar-refractivity contribution is 5.37. The second-order valence-electron chi connectivity index (χ2n) is 2.73. The Morgan fingerprint density at radius 1 is 1.46 bits per heavy atom. The van der Waals surface area contributed by atoms with E-state index >= 15 is 0 Å². The predicted molar refractivity (Wildman–Crippen MR) is 51.6 cm³/mol. The molecule has 0 radical (unpaired) electrons. The summed E-state index contributed by atoms with van der Waals surface area (Å²) in [5.41, 5.74) is 6.03. The molecule has 0 amide bonds. The number of ether oxygens (including phenoxy) is 1. The smallest absolute Gasteiger partial charge is 0.225 e. The first-order valence-electron chi connectivity index (χ1n) is 4.01. The normalized spacial score (nSPS) is 10.0. The van der Waals surface area contributed by atoms with E-state index in [1.807, 2.05) is 11.9 Å². The Bertz CT molecular complexity index is 249. The van der Waals surface area contributed by atoms with Crippen LogP contribution >= 0.6 is 0 Å². The Balaban J connectivity index is 2.55. The van der Waals surface area contributed by atoms with Gasteiger partial charge in [-0.25, -0.2) is 9.97 Å². The first-order valence-corrected chi connectivity index (χ1v) is 4.01. The van der Waals surface area contributed by atoms with Crippen molar-refractivity contribution < 1.29 is 4.74 Å². The summed E-state index contributed by atoms with van der Waals surface area (Å²) >= 11 is 0. The van der Waals surface area contributed by atoms with Crippen LogP contribution in [-0.2, 0) is 4.74 Å². The molecule has 1 rings (SSSR count). The van der Waals surface area contributed by atoms with Crippen molar-refractivity contribution in [3.63, 3.8) is 0 Å². The lowest BCUT2D eigenvalue weighted by Crippen LogP contribution is -2.24. The van der Waals surface area contributed by atoms with Gasteiger partial charge in [0, 0.05) is 20.7 Å². The Kier molecular flexibility index (Phi) is 3.45.